The molecule has 0 unspecified atom stereocenters. The minimum Gasteiger partial charge on any atom is -0.356 e. The molecule has 118 valence electrons. The lowest BCUT2D eigenvalue weighted by molar-refractivity contribution is -0.120. The molecule has 0 saturated carbocycles. The van der Waals surface area contributed by atoms with Crippen LogP contribution in [0.2, 0.25) is 0 Å². The Bertz CT molecular complexity index is 780. The van der Waals surface area contributed by atoms with Crippen LogP contribution >= 0.6 is 11.3 Å². The first kappa shape index (κ1) is 15.4. The molecule has 0 bridgehead atoms. The Balaban J connectivity index is 1.49. The van der Waals surface area contributed by atoms with Crippen LogP contribution in [0.25, 0.3) is 11.3 Å². The van der Waals surface area contributed by atoms with Crippen LogP contribution in [-0.2, 0) is 17.6 Å². The van der Waals surface area contributed by atoms with Gasteiger partial charge in [0.2, 0.25) is 5.91 Å². The molecule has 0 saturated heterocycles. The van der Waals surface area contributed by atoms with Crippen molar-refractivity contribution in [2.75, 3.05) is 6.54 Å². The van der Waals surface area contributed by atoms with Crippen LogP contribution in [0, 0.1) is 6.92 Å². The maximum Gasteiger partial charge on any atom is 0.226 e. The summed E-state index contributed by atoms with van der Waals surface area (Å²) >= 11 is 1.62. The lowest BCUT2D eigenvalue weighted by Gasteiger charge is -2.01. The van der Waals surface area contributed by atoms with Gasteiger partial charge < -0.3 is 9.84 Å². The summed E-state index contributed by atoms with van der Waals surface area (Å²) < 4.78 is 5.29. The van der Waals surface area contributed by atoms with E-state index in [1.807, 2.05) is 42.6 Å². The minimum absolute atomic E-state index is 0.0649. The molecule has 0 fully saturated rings. The molecule has 0 atom stereocenters. The number of aromatic nitrogens is 2. The average Bonchev–Trinajstić information content (AvgIpc) is 3.17. The molecule has 1 aromatic carbocycles. The van der Waals surface area contributed by atoms with Gasteiger partial charge in [-0.1, -0.05) is 35.5 Å². The van der Waals surface area contributed by atoms with Crippen molar-refractivity contribution in [2.45, 2.75) is 19.8 Å². The van der Waals surface area contributed by atoms with E-state index in [0.717, 1.165) is 22.7 Å². The van der Waals surface area contributed by atoms with Crippen LogP contribution in [-0.4, -0.2) is 22.6 Å². The number of carbonyl (C=O) groups is 1. The highest BCUT2D eigenvalue weighted by molar-refractivity contribution is 7.09. The molecule has 6 heteroatoms. The van der Waals surface area contributed by atoms with Crippen molar-refractivity contribution < 1.29 is 9.32 Å². The number of benzene rings is 1. The Labute approximate surface area is 138 Å². The highest BCUT2D eigenvalue weighted by Gasteiger charge is 2.10. The smallest absolute Gasteiger partial charge is 0.226 e. The number of nitrogens with one attached hydrogen (secondary N) is 1. The number of carbonyl (C=O) groups excluding carboxylic acids is 1. The van der Waals surface area contributed by atoms with E-state index in [9.17, 15) is 4.79 Å². The topological polar surface area (TPSA) is 68.0 Å². The molecule has 2 heterocycles. The summed E-state index contributed by atoms with van der Waals surface area (Å²) in [6, 6.07) is 11.5. The van der Waals surface area contributed by atoms with Gasteiger partial charge in [-0.25, -0.2) is 4.98 Å². The molecule has 0 radical (unpaired) electrons. The molecule has 1 amide bonds. The molecule has 1 N–H and O–H groups in total. The van der Waals surface area contributed by atoms with E-state index < -0.39 is 0 Å². The third-order valence-electron chi connectivity index (χ3n) is 3.33. The van der Waals surface area contributed by atoms with Gasteiger partial charge in [0.25, 0.3) is 0 Å². The Morgan fingerprint density at radius 2 is 2.09 bits per heavy atom. The van der Waals surface area contributed by atoms with Gasteiger partial charge in [0.15, 0.2) is 5.76 Å². The van der Waals surface area contributed by atoms with Gasteiger partial charge >= 0.3 is 0 Å². The van der Waals surface area contributed by atoms with Gasteiger partial charge in [-0.2, -0.15) is 0 Å². The highest BCUT2D eigenvalue weighted by Crippen LogP contribution is 2.19. The number of amides is 1. The first-order chi connectivity index (χ1) is 11.2. The van der Waals surface area contributed by atoms with Crippen molar-refractivity contribution in [3.05, 3.63) is 58.2 Å². The molecule has 0 aliphatic heterocycles. The van der Waals surface area contributed by atoms with Crippen molar-refractivity contribution >= 4 is 17.2 Å². The quantitative estimate of drug-likeness (QED) is 0.756. The van der Waals surface area contributed by atoms with Crippen LogP contribution in [0.15, 0.2) is 46.3 Å². The van der Waals surface area contributed by atoms with Crippen LogP contribution in [0.4, 0.5) is 0 Å². The fourth-order valence-electron chi connectivity index (χ4n) is 2.21. The Kier molecular flexibility index (Phi) is 4.83. The summed E-state index contributed by atoms with van der Waals surface area (Å²) in [4.78, 5) is 16.3. The molecular weight excluding hydrogens is 310 g/mol. The second-order valence-electron chi connectivity index (χ2n) is 5.18. The fourth-order valence-corrected chi connectivity index (χ4v) is 2.86. The summed E-state index contributed by atoms with van der Waals surface area (Å²) in [6.07, 6.45) is 0.955. The van der Waals surface area contributed by atoms with Gasteiger partial charge in [-0.3, -0.25) is 4.79 Å². The van der Waals surface area contributed by atoms with Crippen LogP contribution in [0.1, 0.15) is 16.4 Å². The Hall–Kier alpha value is -2.47. The normalized spacial score (nSPS) is 10.7. The monoisotopic (exact) mass is 327 g/mol. The molecule has 3 rings (SSSR count). The lowest BCUT2D eigenvalue weighted by Crippen LogP contribution is -2.27. The number of hydrogen-bond acceptors (Lipinski definition) is 5. The summed E-state index contributed by atoms with van der Waals surface area (Å²) in [5, 5.41) is 9.90. The summed E-state index contributed by atoms with van der Waals surface area (Å²) in [5.74, 6) is 0.608. The van der Waals surface area contributed by atoms with E-state index in [1.165, 1.54) is 0 Å². The fraction of sp³-hybridized carbons (Fsp3) is 0.235. The molecular formula is C17H17N3O2S. The number of aryl methyl sites for hydroxylation is 1. The zero-order valence-electron chi connectivity index (χ0n) is 12.8. The predicted molar refractivity (Wildman–Crippen MR) is 89.2 cm³/mol. The maximum absolute atomic E-state index is 11.9. The molecule has 2 aromatic heterocycles. The van der Waals surface area contributed by atoms with E-state index in [0.29, 0.717) is 18.0 Å². The molecule has 0 aliphatic carbocycles. The zero-order chi connectivity index (χ0) is 16.1. The Morgan fingerprint density at radius 1 is 1.26 bits per heavy atom. The van der Waals surface area contributed by atoms with Crippen molar-refractivity contribution in [3.63, 3.8) is 0 Å². The number of thiazole rings is 1. The molecule has 5 nitrogen and oxygen atoms in total. The van der Waals surface area contributed by atoms with Gasteiger partial charge in [-0.15, -0.1) is 11.3 Å². The summed E-state index contributed by atoms with van der Waals surface area (Å²) in [6.45, 7) is 2.55. The highest BCUT2D eigenvalue weighted by atomic mass is 32.1. The lowest BCUT2D eigenvalue weighted by atomic mass is 10.1. The van der Waals surface area contributed by atoms with E-state index in [1.54, 1.807) is 17.4 Å². The summed E-state index contributed by atoms with van der Waals surface area (Å²) in [7, 11) is 0. The largest absolute Gasteiger partial charge is 0.356 e. The van der Waals surface area contributed by atoms with Crippen molar-refractivity contribution in [3.8, 4) is 11.3 Å². The minimum atomic E-state index is -0.0649. The Morgan fingerprint density at radius 3 is 2.83 bits per heavy atom. The van der Waals surface area contributed by atoms with Gasteiger partial charge in [-0.05, 0) is 6.92 Å². The molecule has 0 aliphatic rings. The summed E-state index contributed by atoms with van der Waals surface area (Å²) in [5.41, 5.74) is 2.59. The first-order valence-corrected chi connectivity index (χ1v) is 8.27. The van der Waals surface area contributed by atoms with Crippen LogP contribution in [0.3, 0.4) is 0 Å². The number of hydrogen-bond donors (Lipinski definition) is 1. The first-order valence-electron chi connectivity index (χ1n) is 7.39. The molecule has 23 heavy (non-hydrogen) atoms. The maximum atomic E-state index is 11.9. The van der Waals surface area contributed by atoms with Crippen LogP contribution < -0.4 is 5.32 Å². The van der Waals surface area contributed by atoms with E-state index >= 15 is 0 Å². The van der Waals surface area contributed by atoms with E-state index in [-0.39, 0.29) is 12.3 Å². The second-order valence-corrected chi connectivity index (χ2v) is 6.25. The SMILES string of the molecule is Cc1nc(CCNC(=O)Cc2cc(-c3ccccc3)on2)cs1. The molecule has 0 spiro atoms. The van der Waals surface area contributed by atoms with Gasteiger partial charge in [0, 0.05) is 30.0 Å². The van der Waals surface area contributed by atoms with Crippen molar-refractivity contribution in [2.24, 2.45) is 0 Å². The van der Waals surface area contributed by atoms with Gasteiger partial charge in [0.05, 0.1) is 22.8 Å². The third-order valence-corrected chi connectivity index (χ3v) is 4.15. The van der Waals surface area contributed by atoms with Gasteiger partial charge in [0.1, 0.15) is 0 Å². The zero-order valence-corrected chi connectivity index (χ0v) is 13.6. The number of rotatable bonds is 6. The van der Waals surface area contributed by atoms with E-state index in [4.69, 9.17) is 4.52 Å². The predicted octanol–water partition coefficient (Wildman–Crippen LogP) is 3.01. The average molecular weight is 327 g/mol. The van der Waals surface area contributed by atoms with Crippen molar-refractivity contribution in [1.29, 1.82) is 0 Å². The number of nitrogens with zero attached hydrogens (tertiary/aromatic N) is 2. The van der Waals surface area contributed by atoms with Crippen LogP contribution in [0.5, 0.6) is 0 Å². The van der Waals surface area contributed by atoms with E-state index in [2.05, 4.69) is 15.5 Å². The standard InChI is InChI=1S/C17H17N3O2S/c1-12-19-14(11-23-12)7-8-18-17(21)10-15-9-16(22-20-15)13-5-3-2-4-6-13/h2-6,9,11H,7-8,10H2,1H3,(H,18,21). The third kappa shape index (κ3) is 4.26. The molecule has 3 aromatic rings. The van der Waals surface area contributed by atoms with Crippen molar-refractivity contribution in [1.82, 2.24) is 15.5 Å². The second kappa shape index (κ2) is 7.19.